The zero-order valence-electron chi connectivity index (χ0n) is 22.5. The third-order valence-electron chi connectivity index (χ3n) is 5.56. The zero-order valence-corrected chi connectivity index (χ0v) is 22.5. The monoisotopic (exact) mass is 554 g/mol. The van der Waals surface area contributed by atoms with Crippen molar-refractivity contribution >= 4 is 29.4 Å². The Hall–Kier alpha value is -4.67. The summed E-state index contributed by atoms with van der Waals surface area (Å²) in [6, 6.07) is 18.5. The van der Waals surface area contributed by atoms with Crippen molar-refractivity contribution < 1.29 is 32.3 Å². The topological polar surface area (TPSA) is 85.1 Å². The molecule has 3 rings (SSSR count). The molecule has 0 aromatic heterocycles. The molecule has 0 unspecified atom stereocenters. The normalized spacial score (nSPS) is 12.4. The fraction of sp³-hybridized carbons (Fsp3) is 0.241. The maximum Gasteiger partial charge on any atom is 0.416 e. The first-order valence-corrected chi connectivity index (χ1v) is 12.3. The number of nitrogens with zero attached hydrogens (tertiary/aromatic N) is 4. The first-order chi connectivity index (χ1) is 19.2. The van der Waals surface area contributed by atoms with Gasteiger partial charge in [0.05, 0.1) is 30.3 Å². The summed E-state index contributed by atoms with van der Waals surface area (Å²) >= 11 is 0. The number of oxime groups is 1. The highest BCUT2D eigenvalue weighted by atomic mass is 19.4. The van der Waals surface area contributed by atoms with Crippen molar-refractivity contribution in [2.24, 2.45) is 15.4 Å². The van der Waals surface area contributed by atoms with Crippen LogP contribution in [-0.2, 0) is 15.8 Å². The Labute approximate surface area is 230 Å². The van der Waals surface area contributed by atoms with Gasteiger partial charge in [0, 0.05) is 18.2 Å². The molecule has 0 spiro atoms. The highest BCUT2D eigenvalue weighted by Crippen LogP contribution is 2.31. The first-order valence-electron chi connectivity index (χ1n) is 12.3. The van der Waals surface area contributed by atoms with Crippen LogP contribution in [0.3, 0.4) is 0 Å². The second-order valence-corrected chi connectivity index (χ2v) is 8.24. The lowest BCUT2D eigenvalue weighted by atomic mass is 10.0. The average molecular weight is 555 g/mol. The number of benzene rings is 3. The predicted molar refractivity (Wildman–Crippen MR) is 149 cm³/mol. The number of anilines is 1. The number of para-hydroxylation sites is 1. The largest absolute Gasteiger partial charge is 0.457 e. The number of hydrogen-bond acceptors (Lipinski definition) is 7. The van der Waals surface area contributed by atoms with Crippen LogP contribution in [0.5, 0.6) is 11.5 Å². The van der Waals surface area contributed by atoms with Crippen LogP contribution in [-0.4, -0.2) is 44.5 Å². The van der Waals surface area contributed by atoms with Crippen LogP contribution in [0.1, 0.15) is 37.0 Å². The van der Waals surface area contributed by atoms with E-state index >= 15 is 0 Å². The third-order valence-corrected chi connectivity index (χ3v) is 5.56. The molecule has 3 aromatic carbocycles. The van der Waals surface area contributed by atoms with E-state index in [0.29, 0.717) is 47.0 Å². The van der Waals surface area contributed by atoms with Crippen molar-refractivity contribution in [3.63, 3.8) is 0 Å². The van der Waals surface area contributed by atoms with E-state index < -0.39 is 17.8 Å². The van der Waals surface area contributed by atoms with E-state index in [1.165, 1.54) is 30.4 Å². The SMILES string of the molecule is CCON=C(C(CC)=NN=Cc1ccccc1N(C)C(=O)OC)c1ccc(Oc2ccc(C(F)(F)F)cc2)cc1. The second kappa shape index (κ2) is 13.9. The van der Waals surface area contributed by atoms with Crippen LogP contribution >= 0.6 is 0 Å². The number of amides is 1. The van der Waals surface area contributed by atoms with Crippen molar-refractivity contribution in [2.75, 3.05) is 25.7 Å². The number of carbonyl (C=O) groups is 1. The van der Waals surface area contributed by atoms with Crippen molar-refractivity contribution in [1.29, 1.82) is 0 Å². The standard InChI is InChI=1S/C29H29F3N4O4/c1-5-25(34-33-19-21-9-7-8-10-26(21)36(3)28(37)38-4)27(35-39-6-2)20-11-15-23(16-12-20)40-24-17-13-22(14-18-24)29(30,31)32/h7-19H,5-6H2,1-4H3. The van der Waals surface area contributed by atoms with E-state index in [9.17, 15) is 18.0 Å². The van der Waals surface area contributed by atoms with Crippen LogP contribution < -0.4 is 9.64 Å². The fourth-order valence-corrected chi connectivity index (χ4v) is 3.51. The molecule has 11 heteroatoms. The molecule has 0 aliphatic heterocycles. The van der Waals surface area contributed by atoms with E-state index in [1.807, 2.05) is 13.0 Å². The summed E-state index contributed by atoms with van der Waals surface area (Å²) in [6.07, 6.45) is -2.92. The maximum atomic E-state index is 12.8. The molecule has 0 atom stereocenters. The quantitative estimate of drug-likeness (QED) is 0.194. The average Bonchev–Trinajstić information content (AvgIpc) is 2.96. The first kappa shape index (κ1) is 29.9. The minimum atomic E-state index is -4.41. The molecule has 0 bridgehead atoms. The van der Waals surface area contributed by atoms with Gasteiger partial charge in [-0.15, -0.1) is 0 Å². The van der Waals surface area contributed by atoms with E-state index in [-0.39, 0.29) is 5.75 Å². The molecule has 0 saturated heterocycles. The lowest BCUT2D eigenvalue weighted by Crippen LogP contribution is -2.26. The molecule has 0 saturated carbocycles. The Morgan fingerprint density at radius 1 is 0.950 bits per heavy atom. The van der Waals surface area contributed by atoms with Crippen molar-refractivity contribution in [3.05, 3.63) is 89.5 Å². The summed E-state index contributed by atoms with van der Waals surface area (Å²) in [5, 5.41) is 12.8. The Morgan fingerprint density at radius 2 is 1.57 bits per heavy atom. The fourth-order valence-electron chi connectivity index (χ4n) is 3.51. The molecule has 8 nitrogen and oxygen atoms in total. The van der Waals surface area contributed by atoms with Gasteiger partial charge in [0.1, 0.15) is 23.8 Å². The number of hydrogen-bond donors (Lipinski definition) is 0. The molecule has 0 aliphatic rings. The van der Waals surface area contributed by atoms with Gasteiger partial charge in [-0.2, -0.15) is 23.4 Å². The van der Waals surface area contributed by atoms with Gasteiger partial charge < -0.3 is 14.3 Å². The molecule has 0 N–H and O–H groups in total. The number of halogens is 3. The summed E-state index contributed by atoms with van der Waals surface area (Å²) in [5.41, 5.74) is 2.18. The van der Waals surface area contributed by atoms with Crippen LogP contribution in [0.25, 0.3) is 0 Å². The zero-order chi connectivity index (χ0) is 29.1. The molecule has 40 heavy (non-hydrogen) atoms. The molecule has 0 heterocycles. The number of methoxy groups -OCH3 is 1. The Bertz CT molecular complexity index is 1370. The number of alkyl halides is 3. The molecular weight excluding hydrogens is 525 g/mol. The van der Waals surface area contributed by atoms with Crippen molar-refractivity contribution in [1.82, 2.24) is 0 Å². The Kier molecular flexibility index (Phi) is 10.4. The van der Waals surface area contributed by atoms with Gasteiger partial charge in [0.25, 0.3) is 0 Å². The van der Waals surface area contributed by atoms with Gasteiger partial charge in [-0.05, 0) is 67.9 Å². The third kappa shape index (κ3) is 7.92. The highest BCUT2D eigenvalue weighted by molar-refractivity contribution is 6.48. The van der Waals surface area contributed by atoms with Gasteiger partial charge in [-0.25, -0.2) is 4.79 Å². The molecule has 3 aromatic rings. The molecule has 210 valence electrons. The molecular formula is C29H29F3N4O4. The van der Waals surface area contributed by atoms with Crippen LogP contribution in [0, 0.1) is 0 Å². The van der Waals surface area contributed by atoms with E-state index in [0.717, 1.165) is 12.1 Å². The summed E-state index contributed by atoms with van der Waals surface area (Å²) in [5.74, 6) is 0.700. The number of ether oxygens (including phenoxy) is 2. The lowest BCUT2D eigenvalue weighted by Gasteiger charge is -2.17. The van der Waals surface area contributed by atoms with Crippen LogP contribution in [0.2, 0.25) is 0 Å². The van der Waals surface area contributed by atoms with Gasteiger partial charge in [0.15, 0.2) is 0 Å². The number of rotatable bonds is 10. The van der Waals surface area contributed by atoms with Crippen molar-refractivity contribution in [2.45, 2.75) is 26.4 Å². The molecule has 0 aliphatic carbocycles. The van der Waals surface area contributed by atoms with Gasteiger partial charge in [-0.3, -0.25) is 4.90 Å². The van der Waals surface area contributed by atoms with E-state index in [4.69, 9.17) is 14.3 Å². The van der Waals surface area contributed by atoms with Gasteiger partial charge >= 0.3 is 12.3 Å². The van der Waals surface area contributed by atoms with Crippen LogP contribution in [0.15, 0.2) is 88.2 Å². The minimum Gasteiger partial charge on any atom is -0.457 e. The minimum absolute atomic E-state index is 0.271. The summed E-state index contributed by atoms with van der Waals surface area (Å²) in [7, 11) is 2.90. The molecule has 1 amide bonds. The predicted octanol–water partition coefficient (Wildman–Crippen LogP) is 7.33. The maximum absolute atomic E-state index is 12.8. The van der Waals surface area contributed by atoms with Crippen molar-refractivity contribution in [3.8, 4) is 11.5 Å². The highest BCUT2D eigenvalue weighted by Gasteiger charge is 2.30. The summed E-state index contributed by atoms with van der Waals surface area (Å²) in [4.78, 5) is 18.7. The Balaban J connectivity index is 1.83. The van der Waals surface area contributed by atoms with Gasteiger partial charge in [0.2, 0.25) is 0 Å². The van der Waals surface area contributed by atoms with Gasteiger partial charge in [-0.1, -0.05) is 30.3 Å². The smallest absolute Gasteiger partial charge is 0.416 e. The molecule has 0 fully saturated rings. The van der Waals surface area contributed by atoms with E-state index in [2.05, 4.69) is 15.4 Å². The Morgan fingerprint density at radius 3 is 2.15 bits per heavy atom. The number of carbonyl (C=O) groups excluding carboxylic acids is 1. The lowest BCUT2D eigenvalue weighted by molar-refractivity contribution is -0.137. The second-order valence-electron chi connectivity index (χ2n) is 8.24. The summed E-state index contributed by atoms with van der Waals surface area (Å²) < 4.78 is 48.9. The molecule has 0 radical (unpaired) electrons. The summed E-state index contributed by atoms with van der Waals surface area (Å²) in [6.45, 7) is 4.04. The van der Waals surface area contributed by atoms with E-state index in [1.54, 1.807) is 56.4 Å². The van der Waals surface area contributed by atoms with Crippen LogP contribution in [0.4, 0.5) is 23.7 Å².